The number of aliphatic carboxylic acids is 1. The molecule has 2 aromatic rings. The summed E-state index contributed by atoms with van der Waals surface area (Å²) in [5.74, 6) is -1.10. The number of anilines is 1. The topological polar surface area (TPSA) is 66.3 Å². The summed E-state index contributed by atoms with van der Waals surface area (Å²) in [6.07, 6.45) is 2.72. The second-order valence-corrected chi connectivity index (χ2v) is 6.49. The van der Waals surface area contributed by atoms with Crippen LogP contribution < -0.4 is 4.90 Å². The highest BCUT2D eigenvalue weighted by atomic mass is 19.1. The van der Waals surface area contributed by atoms with Crippen LogP contribution in [0, 0.1) is 24.0 Å². The molecule has 0 saturated carbocycles. The molecule has 1 saturated heterocycles. The Morgan fingerprint density at radius 3 is 2.84 bits per heavy atom. The molecule has 5 nitrogen and oxygen atoms in total. The summed E-state index contributed by atoms with van der Waals surface area (Å²) < 4.78 is 27.2. The number of nitrogens with zero attached hydrogens (tertiary/aromatic N) is 3. The van der Waals surface area contributed by atoms with Gasteiger partial charge in [0.1, 0.15) is 23.3 Å². The van der Waals surface area contributed by atoms with E-state index in [0.29, 0.717) is 31.0 Å². The Kier molecular flexibility index (Phi) is 4.65. The lowest BCUT2D eigenvalue weighted by molar-refractivity contribution is -0.149. The van der Waals surface area contributed by atoms with Gasteiger partial charge in [-0.25, -0.2) is 18.7 Å². The Hall–Kier alpha value is -2.57. The highest BCUT2D eigenvalue weighted by molar-refractivity contribution is 5.76. The van der Waals surface area contributed by atoms with Gasteiger partial charge in [-0.3, -0.25) is 4.79 Å². The van der Waals surface area contributed by atoms with E-state index in [-0.39, 0.29) is 18.5 Å². The first-order chi connectivity index (χ1) is 11.9. The molecule has 1 aromatic heterocycles. The minimum Gasteiger partial charge on any atom is -0.481 e. The van der Waals surface area contributed by atoms with Crippen molar-refractivity contribution in [2.75, 3.05) is 18.0 Å². The molecule has 1 atom stereocenters. The fourth-order valence-electron chi connectivity index (χ4n) is 3.37. The van der Waals surface area contributed by atoms with Crippen molar-refractivity contribution in [2.24, 2.45) is 5.41 Å². The second kappa shape index (κ2) is 6.74. The number of piperidine rings is 1. The Bertz CT molecular complexity index is 800. The van der Waals surface area contributed by atoms with Crippen LogP contribution in [-0.2, 0) is 11.2 Å². The first kappa shape index (κ1) is 17.3. The van der Waals surface area contributed by atoms with Crippen LogP contribution in [0.15, 0.2) is 30.5 Å². The van der Waals surface area contributed by atoms with Crippen LogP contribution in [0.25, 0.3) is 0 Å². The van der Waals surface area contributed by atoms with Crippen LogP contribution in [0.5, 0.6) is 0 Å². The maximum Gasteiger partial charge on any atom is 0.311 e. The van der Waals surface area contributed by atoms with E-state index in [4.69, 9.17) is 0 Å². The Morgan fingerprint density at radius 1 is 1.36 bits per heavy atom. The van der Waals surface area contributed by atoms with Gasteiger partial charge < -0.3 is 10.0 Å². The zero-order valence-corrected chi connectivity index (χ0v) is 13.9. The van der Waals surface area contributed by atoms with Crippen LogP contribution in [0.4, 0.5) is 14.6 Å². The second-order valence-electron chi connectivity index (χ2n) is 6.49. The standard InChI is InChI=1S/C18H19F2N3O2/c1-12-21-7-5-16(22-12)23-8-2-6-18(11-23,17(24)25)10-13-3-4-14(19)9-15(13)20/h3-5,7,9H,2,6,8,10-11H2,1H3,(H,24,25)/t18-/m0/s1. The third-order valence-corrected chi connectivity index (χ3v) is 4.66. The maximum atomic E-state index is 14.0. The van der Waals surface area contributed by atoms with Gasteiger partial charge in [-0.1, -0.05) is 6.07 Å². The van der Waals surface area contributed by atoms with Crippen molar-refractivity contribution in [3.05, 3.63) is 53.5 Å². The average molecular weight is 347 g/mol. The van der Waals surface area contributed by atoms with Gasteiger partial charge in [0.2, 0.25) is 0 Å². The molecule has 0 bridgehead atoms. The van der Waals surface area contributed by atoms with Crippen molar-refractivity contribution >= 4 is 11.8 Å². The largest absolute Gasteiger partial charge is 0.481 e. The quantitative estimate of drug-likeness (QED) is 0.921. The minimum absolute atomic E-state index is 0.00894. The van der Waals surface area contributed by atoms with Crippen LogP contribution in [0.2, 0.25) is 0 Å². The third-order valence-electron chi connectivity index (χ3n) is 4.66. The van der Waals surface area contributed by atoms with Crippen molar-refractivity contribution in [3.8, 4) is 0 Å². The van der Waals surface area contributed by atoms with Crippen molar-refractivity contribution in [2.45, 2.75) is 26.2 Å². The van der Waals surface area contributed by atoms with Crippen molar-refractivity contribution in [3.63, 3.8) is 0 Å². The van der Waals surface area contributed by atoms with Gasteiger partial charge in [0.15, 0.2) is 0 Å². The molecule has 1 aromatic carbocycles. The van der Waals surface area contributed by atoms with Gasteiger partial charge >= 0.3 is 5.97 Å². The van der Waals surface area contributed by atoms with Crippen LogP contribution in [0.3, 0.4) is 0 Å². The number of carboxylic acids is 1. The lowest BCUT2D eigenvalue weighted by Crippen LogP contribution is -2.49. The van der Waals surface area contributed by atoms with Gasteiger partial charge in [-0.2, -0.15) is 0 Å². The van der Waals surface area contributed by atoms with Gasteiger partial charge in [-0.15, -0.1) is 0 Å². The molecular formula is C18H19F2N3O2. The summed E-state index contributed by atoms with van der Waals surface area (Å²) >= 11 is 0. The molecule has 1 fully saturated rings. The first-order valence-corrected chi connectivity index (χ1v) is 8.12. The number of rotatable bonds is 4. The molecule has 1 aliphatic heterocycles. The van der Waals surface area contributed by atoms with Gasteiger partial charge in [0, 0.05) is 25.4 Å². The number of hydrogen-bond donors (Lipinski definition) is 1. The summed E-state index contributed by atoms with van der Waals surface area (Å²) in [6.45, 7) is 2.67. The van der Waals surface area contributed by atoms with E-state index in [1.165, 1.54) is 6.07 Å². The van der Waals surface area contributed by atoms with Crippen LogP contribution in [0.1, 0.15) is 24.2 Å². The molecule has 0 spiro atoms. The molecule has 7 heteroatoms. The zero-order chi connectivity index (χ0) is 18.0. The molecular weight excluding hydrogens is 328 g/mol. The predicted molar refractivity (Wildman–Crippen MR) is 88.3 cm³/mol. The number of benzene rings is 1. The zero-order valence-electron chi connectivity index (χ0n) is 13.9. The number of halogens is 2. The molecule has 2 heterocycles. The summed E-state index contributed by atoms with van der Waals surface area (Å²) in [5.41, 5.74) is -0.931. The monoisotopic (exact) mass is 347 g/mol. The van der Waals surface area contributed by atoms with Crippen molar-refractivity contribution < 1.29 is 18.7 Å². The lowest BCUT2D eigenvalue weighted by atomic mass is 9.75. The maximum absolute atomic E-state index is 14.0. The van der Waals surface area contributed by atoms with Crippen molar-refractivity contribution in [1.82, 2.24) is 9.97 Å². The van der Waals surface area contributed by atoms with E-state index < -0.39 is 23.0 Å². The Morgan fingerprint density at radius 2 is 2.16 bits per heavy atom. The summed E-state index contributed by atoms with van der Waals surface area (Å²) in [4.78, 5) is 22.4. The molecule has 25 heavy (non-hydrogen) atoms. The van der Waals surface area contributed by atoms with E-state index in [2.05, 4.69) is 9.97 Å². The molecule has 1 aliphatic rings. The average Bonchev–Trinajstić information content (AvgIpc) is 2.57. The summed E-state index contributed by atoms with van der Waals surface area (Å²) in [6, 6.07) is 5.01. The molecule has 132 valence electrons. The van der Waals surface area contributed by atoms with Crippen LogP contribution >= 0.6 is 0 Å². The van der Waals surface area contributed by atoms with E-state index in [9.17, 15) is 18.7 Å². The summed E-state index contributed by atoms with van der Waals surface area (Å²) in [5, 5.41) is 9.86. The number of aromatic nitrogens is 2. The molecule has 0 aliphatic carbocycles. The smallest absolute Gasteiger partial charge is 0.311 e. The van der Waals surface area contributed by atoms with Crippen LogP contribution in [-0.4, -0.2) is 34.1 Å². The van der Waals surface area contributed by atoms with Gasteiger partial charge in [0.05, 0.1) is 5.41 Å². The number of hydrogen-bond acceptors (Lipinski definition) is 4. The number of carbonyl (C=O) groups is 1. The number of carboxylic acid groups (broad SMARTS) is 1. The summed E-state index contributed by atoms with van der Waals surface area (Å²) in [7, 11) is 0. The molecule has 0 unspecified atom stereocenters. The predicted octanol–water partition coefficient (Wildman–Crippen LogP) is 2.98. The molecule has 0 radical (unpaired) electrons. The normalized spacial score (nSPS) is 20.5. The number of aryl methyl sites for hydroxylation is 1. The third kappa shape index (κ3) is 3.60. The van der Waals surface area contributed by atoms with E-state index in [0.717, 1.165) is 12.1 Å². The molecule has 3 rings (SSSR count). The van der Waals surface area contributed by atoms with Crippen molar-refractivity contribution in [1.29, 1.82) is 0 Å². The van der Waals surface area contributed by atoms with Gasteiger partial charge in [0.25, 0.3) is 0 Å². The molecule has 0 amide bonds. The first-order valence-electron chi connectivity index (χ1n) is 8.12. The Labute approximate surface area is 144 Å². The van der Waals surface area contributed by atoms with Gasteiger partial charge in [-0.05, 0) is 43.9 Å². The SMILES string of the molecule is Cc1nccc(N2CCC[C@@](Cc3ccc(F)cc3F)(C(=O)O)C2)n1. The highest BCUT2D eigenvalue weighted by Gasteiger charge is 2.43. The fraction of sp³-hybridized carbons (Fsp3) is 0.389. The van der Waals surface area contributed by atoms with E-state index in [1.807, 2.05) is 4.90 Å². The van der Waals surface area contributed by atoms with E-state index in [1.54, 1.807) is 19.2 Å². The molecule has 1 N–H and O–H groups in total. The van der Waals surface area contributed by atoms with E-state index >= 15 is 0 Å². The lowest BCUT2D eigenvalue weighted by Gasteiger charge is -2.40. The fourth-order valence-corrected chi connectivity index (χ4v) is 3.37. The Balaban J connectivity index is 1.90. The highest BCUT2D eigenvalue weighted by Crippen LogP contribution is 2.36. The minimum atomic E-state index is -1.14.